The van der Waals surface area contributed by atoms with Crippen LogP contribution in [0.3, 0.4) is 0 Å². The molecule has 0 saturated heterocycles. The van der Waals surface area contributed by atoms with Gasteiger partial charge in [0.25, 0.3) is 0 Å². The van der Waals surface area contributed by atoms with Crippen LogP contribution in [-0.2, 0) is 6.61 Å². The number of ether oxygens (including phenoxy) is 1. The molecule has 0 aliphatic heterocycles. The van der Waals surface area contributed by atoms with Crippen molar-refractivity contribution in [1.82, 2.24) is 0 Å². The first-order valence-corrected chi connectivity index (χ1v) is 6.15. The molecule has 0 radical (unpaired) electrons. The molecule has 0 aliphatic rings. The molecule has 0 bridgehead atoms. The van der Waals surface area contributed by atoms with Gasteiger partial charge in [-0.1, -0.05) is 0 Å². The summed E-state index contributed by atoms with van der Waals surface area (Å²) in [6.07, 6.45) is 0. The van der Waals surface area contributed by atoms with E-state index in [-0.39, 0.29) is 0 Å². The molecule has 2 aromatic carbocycles. The molecule has 0 amide bonds. The zero-order valence-corrected chi connectivity index (χ0v) is 11.1. The topological polar surface area (TPSA) is 9.23 Å². The SMILES string of the molecule is Cc1ccc(COc2ccc([SeH])cc2)cc1. The molecule has 0 aromatic heterocycles. The summed E-state index contributed by atoms with van der Waals surface area (Å²) in [7, 11) is 0. The van der Waals surface area contributed by atoms with Crippen LogP contribution < -0.4 is 9.20 Å². The Morgan fingerprint density at radius 2 is 1.56 bits per heavy atom. The van der Waals surface area contributed by atoms with E-state index in [1.54, 1.807) is 0 Å². The molecule has 0 N–H and O–H groups in total. The first-order chi connectivity index (χ1) is 7.74. The van der Waals surface area contributed by atoms with Gasteiger partial charge >= 0.3 is 104 Å². The summed E-state index contributed by atoms with van der Waals surface area (Å²) in [5.74, 6) is 0.912. The van der Waals surface area contributed by atoms with Gasteiger partial charge < -0.3 is 0 Å². The van der Waals surface area contributed by atoms with Crippen molar-refractivity contribution >= 4 is 20.5 Å². The Kier molecular flexibility index (Phi) is 3.66. The van der Waals surface area contributed by atoms with Gasteiger partial charge in [-0.25, -0.2) is 0 Å². The number of benzene rings is 2. The minimum absolute atomic E-state index is 0.623. The Hall–Kier alpha value is -1.24. The average Bonchev–Trinajstić information content (AvgIpc) is 2.30. The van der Waals surface area contributed by atoms with Gasteiger partial charge in [-0.2, -0.15) is 0 Å². The van der Waals surface area contributed by atoms with Gasteiger partial charge in [-0.3, -0.25) is 0 Å². The molecule has 0 fully saturated rings. The van der Waals surface area contributed by atoms with Crippen molar-refractivity contribution in [3.05, 3.63) is 59.7 Å². The molecule has 1 nitrogen and oxygen atoms in total. The van der Waals surface area contributed by atoms with Crippen molar-refractivity contribution in [2.24, 2.45) is 0 Å². The van der Waals surface area contributed by atoms with E-state index in [2.05, 4.69) is 47.2 Å². The van der Waals surface area contributed by atoms with Gasteiger partial charge in [0, 0.05) is 0 Å². The molecule has 82 valence electrons. The van der Waals surface area contributed by atoms with E-state index >= 15 is 0 Å². The monoisotopic (exact) mass is 278 g/mol. The quantitative estimate of drug-likeness (QED) is 0.781. The molecule has 0 spiro atoms. The van der Waals surface area contributed by atoms with E-state index in [9.17, 15) is 0 Å². The molecule has 0 heterocycles. The molecule has 2 heteroatoms. The Bertz CT molecular complexity index is 400. The third-order valence-electron chi connectivity index (χ3n) is 2.36. The zero-order valence-electron chi connectivity index (χ0n) is 9.18. The third kappa shape index (κ3) is 3.13. The molecule has 0 saturated carbocycles. The predicted octanol–water partition coefficient (Wildman–Crippen LogP) is 2.10. The first-order valence-electron chi connectivity index (χ1n) is 5.21. The fourth-order valence-electron chi connectivity index (χ4n) is 1.39. The summed E-state index contributed by atoms with van der Waals surface area (Å²) in [5, 5.41) is 0. The van der Waals surface area contributed by atoms with Crippen LogP contribution in [0.4, 0.5) is 0 Å². The van der Waals surface area contributed by atoms with Crippen molar-refractivity contribution in [1.29, 1.82) is 0 Å². The van der Waals surface area contributed by atoms with Crippen LogP contribution in [-0.4, -0.2) is 16.0 Å². The maximum atomic E-state index is 5.68. The number of aryl methyl sites for hydroxylation is 1. The third-order valence-corrected chi connectivity index (χ3v) is 2.99. The van der Waals surface area contributed by atoms with E-state index in [1.165, 1.54) is 15.6 Å². The second kappa shape index (κ2) is 5.20. The molecule has 2 rings (SSSR count). The van der Waals surface area contributed by atoms with E-state index in [4.69, 9.17) is 4.74 Å². The zero-order chi connectivity index (χ0) is 11.4. The van der Waals surface area contributed by atoms with Gasteiger partial charge in [0.2, 0.25) is 0 Å². The molecular weight excluding hydrogens is 263 g/mol. The Labute approximate surface area is 104 Å². The Morgan fingerprint density at radius 1 is 0.938 bits per heavy atom. The van der Waals surface area contributed by atoms with Crippen LogP contribution >= 0.6 is 0 Å². The average molecular weight is 277 g/mol. The maximum absolute atomic E-state index is 5.68. The Morgan fingerprint density at radius 3 is 2.19 bits per heavy atom. The predicted molar refractivity (Wildman–Crippen MR) is 68.7 cm³/mol. The van der Waals surface area contributed by atoms with Gasteiger partial charge in [0.05, 0.1) is 0 Å². The van der Waals surface area contributed by atoms with Crippen molar-refractivity contribution in [2.75, 3.05) is 0 Å². The van der Waals surface area contributed by atoms with Crippen molar-refractivity contribution < 1.29 is 4.74 Å². The first kappa shape index (κ1) is 11.3. The summed E-state index contributed by atoms with van der Waals surface area (Å²) >= 11 is 2.51. The molecule has 0 atom stereocenters. The van der Waals surface area contributed by atoms with E-state index in [0.717, 1.165) is 5.75 Å². The van der Waals surface area contributed by atoms with Gasteiger partial charge in [-0.05, 0) is 0 Å². The summed E-state index contributed by atoms with van der Waals surface area (Å²) in [4.78, 5) is 0. The number of hydrogen-bond acceptors (Lipinski definition) is 1. The van der Waals surface area contributed by atoms with Gasteiger partial charge in [0.1, 0.15) is 0 Å². The molecular formula is C14H14OSe. The normalized spacial score (nSPS) is 10.1. The van der Waals surface area contributed by atoms with Crippen LogP contribution in [0, 0.1) is 6.92 Å². The van der Waals surface area contributed by atoms with Gasteiger partial charge in [-0.15, -0.1) is 0 Å². The van der Waals surface area contributed by atoms with Crippen LogP contribution in [0.15, 0.2) is 48.5 Å². The van der Waals surface area contributed by atoms with Crippen molar-refractivity contribution in [3.63, 3.8) is 0 Å². The molecule has 16 heavy (non-hydrogen) atoms. The molecule has 0 unspecified atom stereocenters. The van der Waals surface area contributed by atoms with Crippen molar-refractivity contribution in [3.8, 4) is 5.75 Å². The summed E-state index contributed by atoms with van der Waals surface area (Å²) in [5.41, 5.74) is 2.47. The second-order valence-corrected chi connectivity index (χ2v) is 4.85. The fraction of sp³-hybridized carbons (Fsp3) is 0.143. The standard InChI is InChI=1S/C14H14OSe/c1-11-2-4-12(5-3-11)10-15-13-6-8-14(16)9-7-13/h2-9,16H,10H2,1H3. The van der Waals surface area contributed by atoms with E-state index in [1.807, 2.05) is 24.3 Å². The van der Waals surface area contributed by atoms with Gasteiger partial charge in [0.15, 0.2) is 0 Å². The molecule has 0 aliphatic carbocycles. The Balaban J connectivity index is 1.97. The van der Waals surface area contributed by atoms with Crippen LogP contribution in [0.2, 0.25) is 0 Å². The van der Waals surface area contributed by atoms with Crippen LogP contribution in [0.25, 0.3) is 0 Å². The fourth-order valence-corrected chi connectivity index (χ4v) is 1.71. The summed E-state index contributed by atoms with van der Waals surface area (Å²) in [6.45, 7) is 2.71. The number of hydrogen-bond donors (Lipinski definition) is 0. The number of rotatable bonds is 3. The summed E-state index contributed by atoms with van der Waals surface area (Å²) in [6, 6.07) is 16.4. The van der Waals surface area contributed by atoms with E-state index in [0.29, 0.717) is 6.61 Å². The molecule has 2 aromatic rings. The van der Waals surface area contributed by atoms with E-state index < -0.39 is 0 Å². The van der Waals surface area contributed by atoms with Crippen molar-refractivity contribution in [2.45, 2.75) is 13.5 Å². The van der Waals surface area contributed by atoms with Crippen LogP contribution in [0.1, 0.15) is 11.1 Å². The summed E-state index contributed by atoms with van der Waals surface area (Å²) < 4.78 is 6.87. The second-order valence-electron chi connectivity index (χ2n) is 3.77. The van der Waals surface area contributed by atoms with Crippen LogP contribution in [0.5, 0.6) is 5.75 Å². The minimum atomic E-state index is 0.623.